The highest BCUT2D eigenvalue weighted by atomic mass is 32.1. The molecule has 1 atom stereocenters. The van der Waals surface area contributed by atoms with Crippen LogP contribution in [0.2, 0.25) is 0 Å². The van der Waals surface area contributed by atoms with Gasteiger partial charge in [-0.3, -0.25) is 14.5 Å². The molecule has 1 saturated heterocycles. The summed E-state index contributed by atoms with van der Waals surface area (Å²) in [5.41, 5.74) is 1.17. The fourth-order valence-electron chi connectivity index (χ4n) is 3.17. The van der Waals surface area contributed by atoms with Gasteiger partial charge in [-0.15, -0.1) is 0 Å². The molecule has 108 valence electrons. The Hall–Kier alpha value is -1.20. The molecule has 1 aromatic heterocycles. The average Bonchev–Trinajstić information content (AvgIpc) is 3.06. The monoisotopic (exact) mass is 292 g/mol. The van der Waals surface area contributed by atoms with Crippen LogP contribution in [0.1, 0.15) is 44.1 Å². The summed E-state index contributed by atoms with van der Waals surface area (Å²) in [6.45, 7) is 0.658. The van der Waals surface area contributed by atoms with Crippen molar-refractivity contribution in [2.75, 3.05) is 0 Å². The number of amides is 2. The van der Waals surface area contributed by atoms with Gasteiger partial charge in [0.25, 0.3) is 0 Å². The van der Waals surface area contributed by atoms with Crippen LogP contribution in [0.3, 0.4) is 0 Å². The molecule has 1 unspecified atom stereocenters. The van der Waals surface area contributed by atoms with E-state index in [2.05, 4.69) is 10.7 Å². The summed E-state index contributed by atoms with van der Waals surface area (Å²) in [7, 11) is 0. The highest BCUT2D eigenvalue weighted by Crippen LogP contribution is 2.27. The predicted molar refractivity (Wildman–Crippen MR) is 78.3 cm³/mol. The van der Waals surface area contributed by atoms with Crippen molar-refractivity contribution in [1.29, 1.82) is 0 Å². The Morgan fingerprint density at radius 3 is 2.75 bits per heavy atom. The van der Waals surface area contributed by atoms with Gasteiger partial charge in [-0.05, 0) is 35.2 Å². The number of nitrogens with zero attached hydrogens (tertiary/aromatic N) is 1. The van der Waals surface area contributed by atoms with Crippen molar-refractivity contribution in [3.8, 4) is 0 Å². The molecule has 0 radical (unpaired) electrons. The topological polar surface area (TPSA) is 49.4 Å². The number of rotatable bonds is 4. The summed E-state index contributed by atoms with van der Waals surface area (Å²) < 4.78 is 0. The van der Waals surface area contributed by atoms with Crippen LogP contribution in [0.25, 0.3) is 0 Å². The van der Waals surface area contributed by atoms with Crippen molar-refractivity contribution in [2.45, 2.75) is 57.2 Å². The first-order chi connectivity index (χ1) is 9.75. The standard InChI is InChI=1S/C15H20N2O2S/c18-14-8-13(16-9-11-6-7-20-10-11)15(19)17(14)12-4-2-1-3-5-12/h6-7,10,12-13,16H,1-5,8-9H2. The molecule has 1 aliphatic heterocycles. The molecule has 0 aromatic carbocycles. The van der Waals surface area contributed by atoms with Crippen molar-refractivity contribution in [2.24, 2.45) is 0 Å². The zero-order valence-electron chi connectivity index (χ0n) is 11.5. The summed E-state index contributed by atoms with van der Waals surface area (Å²) >= 11 is 1.64. The van der Waals surface area contributed by atoms with E-state index in [0.717, 1.165) is 25.7 Å². The molecule has 2 aliphatic rings. The van der Waals surface area contributed by atoms with Gasteiger partial charge in [-0.1, -0.05) is 19.3 Å². The van der Waals surface area contributed by atoms with Crippen LogP contribution in [-0.4, -0.2) is 28.8 Å². The lowest BCUT2D eigenvalue weighted by Crippen LogP contribution is -2.44. The summed E-state index contributed by atoms with van der Waals surface area (Å²) in [4.78, 5) is 26.1. The maximum Gasteiger partial charge on any atom is 0.247 e. The zero-order chi connectivity index (χ0) is 13.9. The highest BCUT2D eigenvalue weighted by molar-refractivity contribution is 7.07. The summed E-state index contributed by atoms with van der Waals surface area (Å²) in [5, 5.41) is 7.31. The maximum absolute atomic E-state index is 12.4. The van der Waals surface area contributed by atoms with E-state index >= 15 is 0 Å². The fourth-order valence-corrected chi connectivity index (χ4v) is 3.84. The molecule has 2 fully saturated rings. The fraction of sp³-hybridized carbons (Fsp3) is 0.600. The third-order valence-corrected chi connectivity index (χ3v) is 4.99. The van der Waals surface area contributed by atoms with Crippen LogP contribution in [-0.2, 0) is 16.1 Å². The van der Waals surface area contributed by atoms with Gasteiger partial charge < -0.3 is 5.32 Å². The first-order valence-corrected chi connectivity index (χ1v) is 8.30. The Kier molecular flexibility index (Phi) is 4.17. The molecule has 4 nitrogen and oxygen atoms in total. The van der Waals surface area contributed by atoms with Crippen molar-refractivity contribution in [3.05, 3.63) is 22.4 Å². The molecule has 2 heterocycles. The van der Waals surface area contributed by atoms with Crippen LogP contribution in [0.15, 0.2) is 16.8 Å². The quantitative estimate of drug-likeness (QED) is 0.866. The molecule has 2 amide bonds. The van der Waals surface area contributed by atoms with Crippen LogP contribution < -0.4 is 5.32 Å². The lowest BCUT2D eigenvalue weighted by atomic mass is 9.94. The van der Waals surface area contributed by atoms with Gasteiger partial charge in [-0.25, -0.2) is 0 Å². The van der Waals surface area contributed by atoms with Gasteiger partial charge in [-0.2, -0.15) is 11.3 Å². The number of likely N-dealkylation sites (tertiary alicyclic amines) is 1. The largest absolute Gasteiger partial charge is 0.301 e. The summed E-state index contributed by atoms with van der Waals surface area (Å²) in [6.07, 6.45) is 5.78. The van der Waals surface area contributed by atoms with Crippen LogP contribution >= 0.6 is 11.3 Å². The Balaban J connectivity index is 1.60. The van der Waals surface area contributed by atoms with Crippen molar-refractivity contribution >= 4 is 23.2 Å². The molecular weight excluding hydrogens is 272 g/mol. The number of carbonyl (C=O) groups is 2. The zero-order valence-corrected chi connectivity index (χ0v) is 12.3. The van der Waals surface area contributed by atoms with Crippen LogP contribution in [0.5, 0.6) is 0 Å². The van der Waals surface area contributed by atoms with Gasteiger partial charge in [0.2, 0.25) is 11.8 Å². The molecule has 0 spiro atoms. The molecule has 5 heteroatoms. The third-order valence-electron chi connectivity index (χ3n) is 4.26. The SMILES string of the molecule is O=C1CC(NCc2ccsc2)C(=O)N1C1CCCCC1. The minimum atomic E-state index is -0.329. The minimum Gasteiger partial charge on any atom is -0.301 e. The number of hydrogen-bond donors (Lipinski definition) is 1. The van der Waals surface area contributed by atoms with E-state index in [0.29, 0.717) is 13.0 Å². The van der Waals surface area contributed by atoms with Crippen molar-refractivity contribution in [3.63, 3.8) is 0 Å². The maximum atomic E-state index is 12.4. The van der Waals surface area contributed by atoms with E-state index in [1.807, 2.05) is 11.4 Å². The smallest absolute Gasteiger partial charge is 0.247 e. The highest BCUT2D eigenvalue weighted by Gasteiger charge is 2.42. The van der Waals surface area contributed by atoms with Gasteiger partial charge in [0.1, 0.15) is 0 Å². The molecule has 1 aliphatic carbocycles. The second-order valence-corrected chi connectivity index (χ2v) is 6.44. The molecule has 1 N–H and O–H groups in total. The number of nitrogens with one attached hydrogen (secondary N) is 1. The Labute approximate surface area is 123 Å². The van der Waals surface area contributed by atoms with E-state index in [1.165, 1.54) is 12.0 Å². The van der Waals surface area contributed by atoms with Crippen LogP contribution in [0.4, 0.5) is 0 Å². The van der Waals surface area contributed by atoms with E-state index in [-0.39, 0.29) is 23.9 Å². The Morgan fingerprint density at radius 1 is 1.25 bits per heavy atom. The number of hydrogen-bond acceptors (Lipinski definition) is 4. The Bertz CT molecular complexity index is 480. The number of carbonyl (C=O) groups excluding carboxylic acids is 2. The molecule has 1 aromatic rings. The second kappa shape index (κ2) is 6.06. The van der Waals surface area contributed by atoms with Crippen molar-refractivity contribution in [1.82, 2.24) is 10.2 Å². The second-order valence-electron chi connectivity index (χ2n) is 5.66. The third kappa shape index (κ3) is 2.79. The molecule has 1 saturated carbocycles. The molecular formula is C15H20N2O2S. The molecule has 3 rings (SSSR count). The summed E-state index contributed by atoms with van der Waals surface area (Å²) in [6, 6.07) is 1.86. The molecule has 0 bridgehead atoms. The number of imide groups is 1. The van der Waals surface area contributed by atoms with E-state index in [1.54, 1.807) is 16.2 Å². The lowest BCUT2D eigenvalue weighted by molar-refractivity contribution is -0.142. The van der Waals surface area contributed by atoms with Crippen LogP contribution in [0, 0.1) is 0 Å². The summed E-state index contributed by atoms with van der Waals surface area (Å²) in [5.74, 6) is -0.0122. The Morgan fingerprint density at radius 2 is 2.05 bits per heavy atom. The van der Waals surface area contributed by atoms with Gasteiger partial charge >= 0.3 is 0 Å². The first-order valence-electron chi connectivity index (χ1n) is 7.36. The lowest BCUT2D eigenvalue weighted by Gasteiger charge is -2.29. The number of thiophene rings is 1. The molecule has 20 heavy (non-hydrogen) atoms. The minimum absolute atomic E-state index is 0.00437. The first kappa shape index (κ1) is 13.8. The van der Waals surface area contributed by atoms with Gasteiger partial charge in [0.15, 0.2) is 0 Å². The van der Waals surface area contributed by atoms with E-state index in [4.69, 9.17) is 0 Å². The van der Waals surface area contributed by atoms with Gasteiger partial charge in [0, 0.05) is 12.6 Å². The van der Waals surface area contributed by atoms with Crippen molar-refractivity contribution < 1.29 is 9.59 Å². The van der Waals surface area contributed by atoms with E-state index in [9.17, 15) is 9.59 Å². The average molecular weight is 292 g/mol. The predicted octanol–water partition coefficient (Wildman–Crippen LogP) is 2.30. The van der Waals surface area contributed by atoms with Gasteiger partial charge in [0.05, 0.1) is 12.5 Å². The normalized spacial score (nSPS) is 24.6. The van der Waals surface area contributed by atoms with E-state index < -0.39 is 0 Å².